The van der Waals surface area contributed by atoms with Gasteiger partial charge in [0.2, 0.25) is 0 Å². The Balaban J connectivity index is 1.37. The van der Waals surface area contributed by atoms with Gasteiger partial charge in [0.05, 0.1) is 11.7 Å². The van der Waals surface area contributed by atoms with Gasteiger partial charge in [0.25, 0.3) is 0 Å². The number of nitrogens with one attached hydrogen (secondary N) is 1. The molecule has 1 N–H and O–H groups in total. The Morgan fingerprint density at radius 3 is 2.81 bits per heavy atom. The molecule has 2 heterocycles. The highest BCUT2D eigenvalue weighted by molar-refractivity contribution is 5.78. The van der Waals surface area contributed by atoms with E-state index >= 15 is 0 Å². The molecule has 0 radical (unpaired) electrons. The first kappa shape index (κ1) is 23.1. The predicted molar refractivity (Wildman–Crippen MR) is 130 cm³/mol. The van der Waals surface area contributed by atoms with Crippen molar-refractivity contribution in [2.45, 2.75) is 123 Å². The Kier molecular flexibility index (Phi) is 6.15. The zero-order valence-electron chi connectivity index (χ0n) is 21.3. The molecule has 0 aromatic rings. The molecule has 1 spiro atoms. The Bertz CT molecular complexity index is 773. The van der Waals surface area contributed by atoms with Crippen LogP contribution in [0, 0.1) is 35.0 Å². The third kappa shape index (κ3) is 3.74. The average molecular weight is 442 g/mol. The Labute approximate surface area is 196 Å². The van der Waals surface area contributed by atoms with E-state index in [1.54, 1.807) is 11.1 Å². The van der Waals surface area contributed by atoms with E-state index in [0.29, 0.717) is 35.7 Å². The monoisotopic (exact) mass is 441 g/mol. The molecular weight excluding hydrogens is 394 g/mol. The number of ether oxygens (including phenoxy) is 1. The number of allylic oxidation sites excluding steroid dienone is 1. The topological polar surface area (TPSA) is 38.3 Å². The summed E-state index contributed by atoms with van der Waals surface area (Å²) in [5, 5.41) is 3.85. The molecule has 3 heteroatoms. The summed E-state index contributed by atoms with van der Waals surface area (Å²) in [5.74, 6) is 4.17. The van der Waals surface area contributed by atoms with E-state index in [9.17, 15) is 4.79 Å². The molecule has 3 aliphatic carbocycles. The first-order valence-corrected chi connectivity index (χ1v) is 13.9. The molecule has 4 fully saturated rings. The van der Waals surface area contributed by atoms with Crippen molar-refractivity contribution in [2.75, 3.05) is 6.54 Å². The quantitative estimate of drug-likeness (QED) is 0.509. The van der Waals surface area contributed by atoms with Crippen molar-refractivity contribution in [1.82, 2.24) is 5.32 Å². The molecule has 0 aromatic heterocycles. The fourth-order valence-corrected chi connectivity index (χ4v) is 8.95. The minimum absolute atomic E-state index is 0.0504. The first-order valence-electron chi connectivity index (χ1n) is 13.9. The van der Waals surface area contributed by atoms with Gasteiger partial charge in [0, 0.05) is 24.8 Å². The van der Waals surface area contributed by atoms with Gasteiger partial charge in [-0.15, -0.1) is 0 Å². The maximum Gasteiger partial charge on any atom is 0.132 e. The van der Waals surface area contributed by atoms with Gasteiger partial charge < -0.3 is 10.1 Å². The van der Waals surface area contributed by atoms with Crippen LogP contribution in [-0.2, 0) is 9.53 Å². The van der Waals surface area contributed by atoms with Crippen molar-refractivity contribution >= 4 is 5.78 Å². The zero-order valence-corrected chi connectivity index (χ0v) is 21.3. The summed E-state index contributed by atoms with van der Waals surface area (Å²) < 4.78 is 7.01. The number of hydrogen-bond donors (Lipinski definition) is 1. The van der Waals surface area contributed by atoms with Crippen LogP contribution in [0.2, 0.25) is 0 Å². The highest BCUT2D eigenvalue weighted by Gasteiger charge is 2.57. The van der Waals surface area contributed by atoms with Crippen molar-refractivity contribution < 1.29 is 9.53 Å². The molecular formula is C29H47NO2. The highest BCUT2D eigenvalue weighted by Crippen LogP contribution is 2.62. The molecule has 5 rings (SSSR count). The fourth-order valence-electron chi connectivity index (χ4n) is 8.95. The number of hydrogen-bond acceptors (Lipinski definition) is 3. The van der Waals surface area contributed by atoms with Crippen LogP contribution in [0.1, 0.15) is 105 Å². The molecule has 2 aliphatic heterocycles. The van der Waals surface area contributed by atoms with Gasteiger partial charge in [-0.3, -0.25) is 4.79 Å². The lowest BCUT2D eigenvalue weighted by Gasteiger charge is -2.45. The summed E-state index contributed by atoms with van der Waals surface area (Å²) in [4.78, 5) is 12.1. The summed E-state index contributed by atoms with van der Waals surface area (Å²) in [7, 11) is 0. The fraction of sp³-hybridized carbons (Fsp3) is 0.897. The molecule has 180 valence electrons. The molecule has 2 saturated carbocycles. The number of piperidine rings is 1. The Morgan fingerprint density at radius 2 is 2.03 bits per heavy atom. The number of carbonyl (C=O) groups excluding carboxylic acids is 1. The minimum Gasteiger partial charge on any atom is -0.369 e. The summed E-state index contributed by atoms with van der Waals surface area (Å²) in [5.41, 5.74) is 3.87. The van der Waals surface area contributed by atoms with E-state index in [2.05, 4.69) is 33.0 Å². The molecule has 2 saturated heterocycles. The number of fused-ring (bicyclic) bond motifs is 4. The van der Waals surface area contributed by atoms with Crippen LogP contribution in [0.15, 0.2) is 11.1 Å². The van der Waals surface area contributed by atoms with E-state index in [1.165, 1.54) is 44.9 Å². The van der Waals surface area contributed by atoms with Gasteiger partial charge in [-0.05, 0) is 93.9 Å². The average Bonchev–Trinajstić information content (AvgIpc) is 3.22. The summed E-state index contributed by atoms with van der Waals surface area (Å²) >= 11 is 0. The standard InChI is InChI=1S/C29H47NO2/c1-6-21(31)9-12-28(5)11-7-8-23-22-10-13-29(16-19(3)24(22)15-25(23)28)20(4)27-26(32-29)14-18(2)17-30-27/h18,20,22-23,25-27,30H,6-17H2,1-5H3/t18-,20+,22-,23-,25-,26+,27-,28+,29-/m0/s1. The molecule has 32 heavy (non-hydrogen) atoms. The van der Waals surface area contributed by atoms with Crippen molar-refractivity contribution in [3.05, 3.63) is 11.1 Å². The second-order valence-corrected chi connectivity index (χ2v) is 12.8. The maximum absolute atomic E-state index is 12.1. The van der Waals surface area contributed by atoms with Gasteiger partial charge in [0.15, 0.2) is 0 Å². The van der Waals surface area contributed by atoms with Crippen LogP contribution < -0.4 is 5.32 Å². The maximum atomic E-state index is 12.1. The van der Waals surface area contributed by atoms with Crippen LogP contribution in [0.3, 0.4) is 0 Å². The summed E-state index contributed by atoms with van der Waals surface area (Å²) in [6, 6.07) is 0.545. The largest absolute Gasteiger partial charge is 0.369 e. The first-order chi connectivity index (χ1) is 15.3. The number of Topliss-reactive ketones (excluding diaryl/α,β-unsaturated/α-hetero) is 1. The molecule has 9 atom stereocenters. The van der Waals surface area contributed by atoms with Gasteiger partial charge in [-0.1, -0.05) is 45.3 Å². The lowest BCUT2D eigenvalue weighted by Crippen LogP contribution is -2.48. The molecule has 3 nitrogen and oxygen atoms in total. The van der Waals surface area contributed by atoms with Crippen LogP contribution >= 0.6 is 0 Å². The van der Waals surface area contributed by atoms with E-state index in [4.69, 9.17) is 4.74 Å². The van der Waals surface area contributed by atoms with Crippen LogP contribution in [-0.4, -0.2) is 30.1 Å². The Morgan fingerprint density at radius 1 is 1.22 bits per heavy atom. The smallest absolute Gasteiger partial charge is 0.132 e. The van der Waals surface area contributed by atoms with E-state index < -0.39 is 0 Å². The molecule has 0 amide bonds. The van der Waals surface area contributed by atoms with Gasteiger partial charge in [-0.25, -0.2) is 0 Å². The number of ketones is 1. The molecule has 0 aromatic carbocycles. The van der Waals surface area contributed by atoms with Crippen molar-refractivity contribution in [1.29, 1.82) is 0 Å². The lowest BCUT2D eigenvalue weighted by molar-refractivity contribution is -0.119. The highest BCUT2D eigenvalue weighted by atomic mass is 16.5. The third-order valence-corrected chi connectivity index (χ3v) is 11.0. The third-order valence-electron chi connectivity index (χ3n) is 11.0. The van der Waals surface area contributed by atoms with Gasteiger partial charge >= 0.3 is 0 Å². The second kappa shape index (κ2) is 8.52. The summed E-state index contributed by atoms with van der Waals surface area (Å²) in [6.07, 6.45) is 13.3. The number of rotatable bonds is 4. The lowest BCUT2D eigenvalue weighted by atomic mass is 9.60. The van der Waals surface area contributed by atoms with Crippen molar-refractivity contribution in [3.63, 3.8) is 0 Å². The van der Waals surface area contributed by atoms with Gasteiger partial charge in [0.1, 0.15) is 5.78 Å². The second-order valence-electron chi connectivity index (χ2n) is 12.8. The molecule has 0 bridgehead atoms. The predicted octanol–water partition coefficient (Wildman–Crippen LogP) is 6.46. The van der Waals surface area contributed by atoms with E-state index in [1.807, 2.05) is 6.92 Å². The number of carbonyl (C=O) groups is 1. The van der Waals surface area contributed by atoms with Crippen LogP contribution in [0.4, 0.5) is 0 Å². The van der Waals surface area contributed by atoms with E-state index in [-0.39, 0.29) is 5.60 Å². The van der Waals surface area contributed by atoms with Crippen molar-refractivity contribution in [3.8, 4) is 0 Å². The van der Waals surface area contributed by atoms with E-state index in [0.717, 1.165) is 49.5 Å². The van der Waals surface area contributed by atoms with Crippen LogP contribution in [0.5, 0.6) is 0 Å². The Hall–Kier alpha value is -0.670. The SMILES string of the molecule is CCC(=O)CC[C@@]1(C)CCC[C@H]2[C@@H]3CC[C@@]4(CC(C)=C3C[C@@H]21)O[C@@H]1C[C@H](C)CN[C@H]1[C@H]4C. The van der Waals surface area contributed by atoms with Crippen LogP contribution in [0.25, 0.3) is 0 Å². The zero-order chi connectivity index (χ0) is 22.7. The minimum atomic E-state index is 0.0504. The molecule has 5 aliphatic rings. The van der Waals surface area contributed by atoms with Gasteiger partial charge in [-0.2, -0.15) is 0 Å². The van der Waals surface area contributed by atoms with Crippen molar-refractivity contribution in [2.24, 2.45) is 35.0 Å². The summed E-state index contributed by atoms with van der Waals surface area (Å²) in [6.45, 7) is 13.0. The molecule has 0 unspecified atom stereocenters. The normalized spacial score (nSPS) is 48.3.